The molecule has 10 aliphatic heterocycles. The van der Waals surface area contributed by atoms with Crippen LogP contribution >= 0.6 is 46.3 Å². The maximum atomic E-state index is 15.9. The van der Waals surface area contributed by atoms with Crippen LogP contribution in [0.3, 0.4) is 0 Å². The summed E-state index contributed by atoms with van der Waals surface area (Å²) in [7, 11) is -29.4. The van der Waals surface area contributed by atoms with E-state index in [4.69, 9.17) is 106 Å². The number of nitrogens with two attached hydrogens (primary N) is 4. The summed E-state index contributed by atoms with van der Waals surface area (Å²) >= 11 is 0. The number of anilines is 3. The van der Waals surface area contributed by atoms with E-state index in [0.29, 0.717) is 12.1 Å². The number of H-pyrrole nitrogens is 2. The summed E-state index contributed by atoms with van der Waals surface area (Å²) in [4.78, 5) is 153. The number of nitrogen functional groups attached to an aromatic ring is 3. The number of fused-ring (bicyclic) bond motifs is 12. The number of nitrogens with zero attached hydrogens (tertiary/aromatic N) is 21. The Kier molecular flexibility index (Phi) is 26.2. The van der Waals surface area contributed by atoms with Gasteiger partial charge in [-0.05, 0) is 13.8 Å². The lowest BCUT2D eigenvalue weighted by atomic mass is 10.1. The highest BCUT2D eigenvalue weighted by Gasteiger charge is 2.59. The number of imidazole rings is 6. The third kappa shape index (κ3) is 19.0. The van der Waals surface area contributed by atoms with E-state index in [-0.39, 0.29) is 90.7 Å². The van der Waals surface area contributed by atoms with Crippen molar-refractivity contribution in [2.75, 3.05) is 75.9 Å². The van der Waals surface area contributed by atoms with Gasteiger partial charge in [-0.2, -0.15) is 0 Å². The smallest absolute Gasteiger partial charge is 0.386 e. The van der Waals surface area contributed by atoms with Crippen molar-refractivity contribution in [2.45, 2.75) is 174 Å². The molecular weight excluding hydrogens is 1980 g/mol. The van der Waals surface area contributed by atoms with E-state index in [0.717, 1.165) is 56.2 Å². The van der Waals surface area contributed by atoms with E-state index in [9.17, 15) is 71.4 Å². The van der Waals surface area contributed by atoms with Crippen LogP contribution in [0.25, 0.3) is 55.8 Å². The van der Waals surface area contributed by atoms with Gasteiger partial charge in [0.1, 0.15) is 151 Å². The highest BCUT2D eigenvalue weighted by molar-refractivity contribution is 7.53. The lowest BCUT2D eigenvalue weighted by Crippen LogP contribution is -2.36. The Bertz CT molecular complexity index is 6640. The average molecular weight is 2060 g/mol. The highest BCUT2D eigenvalue weighted by Crippen LogP contribution is 2.58. The molecule has 31 atom stereocenters. The van der Waals surface area contributed by atoms with Crippen LogP contribution in [0.1, 0.15) is 67.2 Å². The van der Waals surface area contributed by atoms with E-state index < -0.39 is 270 Å². The molecule has 0 saturated carbocycles. The molecule has 0 aliphatic carbocycles. The van der Waals surface area contributed by atoms with Gasteiger partial charge >= 0.3 is 46.3 Å². The van der Waals surface area contributed by atoms with Gasteiger partial charge in [0.25, 0.3) is 11.1 Å². The quantitative estimate of drug-likeness (QED) is 0.0806. The molecule has 740 valence electrons. The number of aryl methyl sites for hydroxylation is 2. The van der Waals surface area contributed by atoms with Crippen molar-refractivity contribution in [2.24, 2.45) is 10.7 Å². The molecule has 13 unspecified atom stereocenters. The number of halogens is 5. The minimum atomic E-state index is -5.16. The monoisotopic (exact) mass is 2060 g/mol. The molecule has 0 radical (unpaired) electrons. The molecule has 9 fully saturated rings. The molecule has 21 rings (SSSR count). The van der Waals surface area contributed by atoms with Gasteiger partial charge in [0.15, 0.2) is 131 Å². The first-order chi connectivity index (χ1) is 65.1. The fraction of sp³-hybridized carbons (Fsp3) is 0.561. The summed E-state index contributed by atoms with van der Waals surface area (Å²) in [6, 6.07) is -0.481. The standard InChI is InChI=1S/C22H25F2N9O11P2.C22H27F2N9O10P2.C22H26FN9O12P2/c1-8-30-19-14(20(34)31-8)29-6-33(19)21-11(23)15-9(42-21)3-41-46(37,38)44-16-10(2-40-45(35,36)7-39-15)43-22(12(16)24)32-5-28-13-17(25)26-4-27-18(13)32;23-12-16-10(41-21(12)32-6-30-14-9(25)1-2-27-19(14)32)4-40-45(36,37)43-17-11(3-39-44(34,35)8-38-16)42-22(13(17)24)33-7-31-15-18(26)28-5-29-20(15)33;1-8-29-19-13(20(34)30-8)28-6-32(19)21-11(23)15-9(42-21)3-41-46(37,38)44-16-10(2-40-45(35,36)7-39-15)43-22(14(16)33)31-5-27-12-17(24)25-4-26-18(12)31/h4-6,9-12,15-16,21-22H,2-3,7H2,1H3,(H,35,36)(H,37,38)(H2,25,26,27)(H,30,31,34);2,5-7,9-13,16-17,21-22H,1,3-4,8,25H2,(H,34,35)(H,36,37)(H2,26,28,29);4-6,9-11,14-16,21-22,33H,2-3,7H2,1H3,(H,35,36)(H,37,38)(H2,24,25,26)(H,29,30,34)/t9-,10-,11+,12+,15?,16?,21-,22-;9?,10-,11-,12+,13+,16?,17?,21-,22-;9-,10-,11+,14+,15?,16?,21-,22-/m111/s1. The number of aromatic nitrogens is 22. The third-order valence-corrected chi connectivity index (χ3v) is 28.9. The number of phosphoric acid groups is 3. The van der Waals surface area contributed by atoms with Gasteiger partial charge in [0.05, 0.1) is 83.6 Å². The van der Waals surface area contributed by atoms with Crippen LogP contribution in [0, 0.1) is 13.8 Å². The van der Waals surface area contributed by atoms with E-state index >= 15 is 22.0 Å². The van der Waals surface area contributed by atoms with E-state index in [1.165, 1.54) is 42.0 Å². The molecule has 0 amide bonds. The van der Waals surface area contributed by atoms with Gasteiger partial charge in [0.2, 0.25) is 0 Å². The molecule has 60 nitrogen and oxygen atoms in total. The molecule has 0 aromatic carbocycles. The maximum Gasteiger partial charge on any atom is 0.472 e. The molecule has 10 aliphatic rings. The third-order valence-electron chi connectivity index (χ3n) is 22.9. The number of ether oxygens (including phenoxy) is 9. The summed E-state index contributed by atoms with van der Waals surface area (Å²) < 4.78 is 262. The number of aliphatic hydroxyl groups excluding tert-OH is 1. The molecule has 137 heavy (non-hydrogen) atoms. The maximum absolute atomic E-state index is 15.9. The van der Waals surface area contributed by atoms with Crippen molar-refractivity contribution in [3.05, 3.63) is 95.0 Å². The number of aliphatic imine (C=N–C) groups is 1. The molecule has 11 aromatic heterocycles. The van der Waals surface area contributed by atoms with Crippen LogP contribution in [0.15, 0.2) is 71.5 Å². The Morgan fingerprint density at radius 1 is 0.380 bits per heavy atom. The lowest BCUT2D eigenvalue weighted by molar-refractivity contribution is -0.0591. The zero-order valence-corrected chi connectivity index (χ0v) is 75.2. The van der Waals surface area contributed by atoms with Crippen LogP contribution in [0.4, 0.5) is 45.2 Å². The van der Waals surface area contributed by atoms with Crippen LogP contribution in [0.5, 0.6) is 0 Å². The molecule has 0 spiro atoms. The zero-order chi connectivity index (χ0) is 96.8. The SMILES string of the molecule is Cc1nc2c(ncn2[C@@H]2O[C@@H]3COP(=O)(O)OC4[C@@H](COP(=O)(O)COC3[C@@H]2F)O[C@@H](n2cnc3c(N)ncnc32)[C@H]4F)c(=O)[nH]1.Cc1nc2c(ncn2[C@@H]2O[C@@H]3COP(=O)(O)OC4[C@@H](COP(=O)(O)COC3[C@@H]2F)O[C@@H](n2cnc3c(N)ncnc32)[C@H]4O)c(=O)[nH]1.Nc1ncnc2c1ncn2[C@@H]1O[C@@H]2COP(=O)(O)COC3[C@@H](COP(=O)(O)OC2[C@@H]1F)O[C@@H](n1cnc2c1N=CCC2N)[C@H]3F. The number of phosphoric ester groups is 3. The first kappa shape index (κ1) is 96.5. The second kappa shape index (κ2) is 37.2. The second-order valence-electron chi connectivity index (χ2n) is 31.9. The van der Waals surface area contributed by atoms with Crippen molar-refractivity contribution < 1.29 is 167 Å². The van der Waals surface area contributed by atoms with Gasteiger partial charge in [-0.25, -0.2) is 110 Å². The number of hydrogen-bond donors (Lipinski definition) is 13. The Hall–Kier alpha value is -9.38. The van der Waals surface area contributed by atoms with E-state index in [1.807, 2.05) is 0 Å². The minimum Gasteiger partial charge on any atom is -0.386 e. The number of aliphatic hydroxyl groups is 1. The number of nitrogens with one attached hydrogen (secondary N) is 2. The molecule has 0 bridgehead atoms. The van der Waals surface area contributed by atoms with Gasteiger partial charge in [-0.3, -0.25) is 77.8 Å². The molecular formula is C66H78F5N27O33P6. The summed E-state index contributed by atoms with van der Waals surface area (Å²) in [5.74, 6) is 0.702. The number of hydrogen-bond acceptors (Lipinski definition) is 46. The first-order valence-electron chi connectivity index (χ1n) is 40.6. The van der Waals surface area contributed by atoms with Crippen molar-refractivity contribution in [3.8, 4) is 0 Å². The van der Waals surface area contributed by atoms with Crippen molar-refractivity contribution in [1.82, 2.24) is 107 Å². The fourth-order valence-corrected chi connectivity index (χ4v) is 21.8. The van der Waals surface area contributed by atoms with Gasteiger partial charge in [-0.15, -0.1) is 0 Å². The normalized spacial score (nSPS) is 38.5. The van der Waals surface area contributed by atoms with Gasteiger partial charge in [0, 0.05) is 12.6 Å². The average Bonchev–Trinajstić information content (AvgIpc) is 1.62. The fourth-order valence-electron chi connectivity index (χ4n) is 16.5. The number of alkyl halides is 5. The Balaban J connectivity index is 0.000000132. The number of aromatic amines is 2. The predicted molar refractivity (Wildman–Crippen MR) is 439 cm³/mol. The van der Waals surface area contributed by atoms with Crippen LogP contribution < -0.4 is 34.1 Å². The lowest BCUT2D eigenvalue weighted by Gasteiger charge is -2.24. The molecule has 17 N–H and O–H groups in total. The Morgan fingerprint density at radius 2 is 0.672 bits per heavy atom. The Labute approximate surface area is 758 Å². The van der Waals surface area contributed by atoms with E-state index in [2.05, 4.69) is 84.7 Å². The summed E-state index contributed by atoms with van der Waals surface area (Å²) in [6.45, 7) is -1.83. The zero-order valence-electron chi connectivity index (χ0n) is 69.8. The first-order valence-corrected chi connectivity index (χ1v) is 50.4. The van der Waals surface area contributed by atoms with Crippen LogP contribution in [0.2, 0.25) is 0 Å². The number of rotatable bonds is 6. The molecule has 71 heteroatoms. The van der Waals surface area contributed by atoms with Crippen LogP contribution in [-0.2, 0) is 111 Å². The molecule has 9 saturated heterocycles. The second-order valence-corrected chi connectivity index (χ2v) is 41.5. The molecule has 11 aromatic rings. The molecule has 21 heterocycles. The topological polar surface area (TPSA) is 802 Å². The minimum absolute atomic E-state index is 0.000211. The Morgan fingerprint density at radius 3 is 1.04 bits per heavy atom. The predicted octanol–water partition coefficient (Wildman–Crippen LogP) is 0.729. The largest absolute Gasteiger partial charge is 0.472 e. The summed E-state index contributed by atoms with van der Waals surface area (Å²) in [6.07, 6.45) is -31.1. The highest BCUT2D eigenvalue weighted by atomic mass is 31.2. The van der Waals surface area contributed by atoms with Crippen LogP contribution in [-0.4, -0.2) is 317 Å². The summed E-state index contributed by atoms with van der Waals surface area (Å²) in [5, 5.41) is 11.2. The summed E-state index contributed by atoms with van der Waals surface area (Å²) in [5.41, 5.74) is 23.2. The van der Waals surface area contributed by atoms with Gasteiger partial charge in [-0.1, -0.05) is 0 Å². The van der Waals surface area contributed by atoms with Crippen molar-refractivity contribution in [3.63, 3.8) is 0 Å². The van der Waals surface area contributed by atoms with Crippen molar-refractivity contribution >= 4 is 132 Å². The van der Waals surface area contributed by atoms with Crippen molar-refractivity contribution in [1.29, 1.82) is 0 Å². The van der Waals surface area contributed by atoms with Gasteiger partial charge < -0.3 is 124 Å². The van der Waals surface area contributed by atoms with E-state index in [1.54, 1.807) is 6.21 Å².